The molecule has 0 bridgehead atoms. The first-order valence-corrected chi connectivity index (χ1v) is 17.6. The standard InChI is InChI=1S/C36H28N2O8S2/c1-3-36(2,22-10-14-24(15-11-22)45-47(41,42)32-8-4-6-28-26(32)18-20-30(37)34(28)39)23-12-16-25(17-13-23)46-48(43,44)33-9-5-7-29-27(33)19-21-31(38)35(29)40/h4-21,37-38H,3H2,1-2H3. The summed E-state index contributed by atoms with van der Waals surface area (Å²) in [5, 5.41) is 15.5. The molecule has 0 saturated carbocycles. The minimum atomic E-state index is -4.32. The molecule has 0 saturated heterocycles. The third-order valence-corrected chi connectivity index (χ3v) is 11.2. The number of carbonyl (C=O) groups is 2. The van der Waals surface area contributed by atoms with Crippen molar-refractivity contribution < 1.29 is 34.8 Å². The van der Waals surface area contributed by atoms with Gasteiger partial charge in [-0.25, -0.2) is 0 Å². The number of Topliss-reactive ketones (excluding diaryl/α,β-unsaturated/α-hetero) is 2. The Morgan fingerprint density at radius 2 is 0.958 bits per heavy atom. The van der Waals surface area contributed by atoms with Crippen LogP contribution in [0.15, 0.2) is 107 Å². The van der Waals surface area contributed by atoms with Crippen LogP contribution in [0, 0.1) is 10.8 Å². The summed E-state index contributed by atoms with van der Waals surface area (Å²) in [6, 6.07) is 21.7. The molecule has 48 heavy (non-hydrogen) atoms. The summed E-state index contributed by atoms with van der Waals surface area (Å²) in [7, 11) is -8.64. The van der Waals surface area contributed by atoms with E-state index in [1.165, 1.54) is 85.0 Å². The maximum Gasteiger partial charge on any atom is 0.339 e. The van der Waals surface area contributed by atoms with Crippen LogP contribution in [0.3, 0.4) is 0 Å². The summed E-state index contributed by atoms with van der Waals surface area (Å²) in [5.74, 6) is -0.999. The van der Waals surface area contributed by atoms with Gasteiger partial charge in [-0.3, -0.25) is 20.4 Å². The van der Waals surface area contributed by atoms with Crippen LogP contribution in [-0.4, -0.2) is 39.8 Å². The highest BCUT2D eigenvalue weighted by molar-refractivity contribution is 7.87. The first kappa shape index (κ1) is 32.5. The van der Waals surface area contributed by atoms with Crippen molar-refractivity contribution in [1.82, 2.24) is 0 Å². The molecular formula is C36H28N2O8S2. The van der Waals surface area contributed by atoms with E-state index in [0.717, 1.165) is 11.1 Å². The second kappa shape index (κ2) is 12.0. The minimum absolute atomic E-state index is 0.0686. The highest BCUT2D eigenvalue weighted by Gasteiger charge is 2.31. The van der Waals surface area contributed by atoms with E-state index in [4.69, 9.17) is 19.2 Å². The molecule has 4 aromatic carbocycles. The fourth-order valence-corrected chi connectivity index (χ4v) is 8.01. The van der Waals surface area contributed by atoms with Crippen LogP contribution in [0.5, 0.6) is 11.5 Å². The number of benzene rings is 4. The number of hydrogen-bond donors (Lipinski definition) is 2. The van der Waals surface area contributed by atoms with E-state index >= 15 is 0 Å². The number of rotatable bonds is 9. The molecule has 4 aromatic rings. The van der Waals surface area contributed by atoms with Gasteiger partial charge in [0.1, 0.15) is 32.7 Å². The Hall–Kier alpha value is -5.46. The molecule has 10 nitrogen and oxygen atoms in total. The Kier molecular flexibility index (Phi) is 8.10. The lowest BCUT2D eigenvalue weighted by atomic mass is 9.74. The Labute approximate surface area is 277 Å². The van der Waals surface area contributed by atoms with Crippen molar-refractivity contribution in [3.8, 4) is 11.5 Å². The zero-order valence-electron chi connectivity index (χ0n) is 25.7. The average Bonchev–Trinajstić information content (AvgIpc) is 3.07. The Morgan fingerprint density at radius 1 is 0.583 bits per heavy atom. The molecule has 0 spiro atoms. The van der Waals surface area contributed by atoms with Crippen LogP contribution in [0.25, 0.3) is 12.2 Å². The van der Waals surface area contributed by atoms with Crippen LogP contribution < -0.4 is 8.37 Å². The molecule has 6 rings (SSSR count). The fourth-order valence-electron chi connectivity index (χ4n) is 5.71. The number of nitrogens with one attached hydrogen (secondary N) is 2. The molecule has 2 aliphatic carbocycles. The van der Waals surface area contributed by atoms with Gasteiger partial charge in [-0.1, -0.05) is 74.5 Å². The van der Waals surface area contributed by atoms with Crippen LogP contribution in [0.2, 0.25) is 0 Å². The SMILES string of the molecule is CCC(C)(c1ccc(OS(=O)(=O)c2cccc3c2C=CC(=N)C3=O)cc1)c1ccc(OS(=O)(=O)c2cccc3c2C=CC(=N)C3=O)cc1. The molecule has 0 radical (unpaired) electrons. The molecule has 0 fully saturated rings. The third kappa shape index (κ3) is 5.69. The molecule has 0 aromatic heterocycles. The molecule has 0 heterocycles. The molecule has 2 aliphatic rings. The molecule has 2 N–H and O–H groups in total. The van der Waals surface area contributed by atoms with Gasteiger partial charge in [0, 0.05) is 27.7 Å². The predicted octanol–water partition coefficient (Wildman–Crippen LogP) is 6.40. The van der Waals surface area contributed by atoms with E-state index in [-0.39, 0.29) is 55.0 Å². The second-order valence-electron chi connectivity index (χ2n) is 11.4. The predicted molar refractivity (Wildman–Crippen MR) is 180 cm³/mol. The molecular weight excluding hydrogens is 653 g/mol. The van der Waals surface area contributed by atoms with E-state index in [9.17, 15) is 26.4 Å². The fraction of sp³-hybridized carbons (Fsp3) is 0.111. The normalized spacial score (nSPS) is 15.5. The van der Waals surface area contributed by atoms with Gasteiger partial charge in [-0.05, 0) is 66.1 Å². The lowest BCUT2D eigenvalue weighted by Gasteiger charge is -2.30. The average molecular weight is 681 g/mol. The first-order chi connectivity index (χ1) is 22.7. The Balaban J connectivity index is 1.21. The maximum atomic E-state index is 13.2. The van der Waals surface area contributed by atoms with Gasteiger partial charge >= 0.3 is 20.2 Å². The quantitative estimate of drug-likeness (QED) is 0.192. The zero-order valence-corrected chi connectivity index (χ0v) is 27.3. The van der Waals surface area contributed by atoms with Gasteiger partial charge in [-0.2, -0.15) is 16.8 Å². The maximum absolute atomic E-state index is 13.2. The molecule has 0 unspecified atom stereocenters. The van der Waals surface area contributed by atoms with E-state index < -0.39 is 37.2 Å². The van der Waals surface area contributed by atoms with Crippen molar-refractivity contribution in [3.05, 3.63) is 130 Å². The topological polar surface area (TPSA) is 169 Å². The van der Waals surface area contributed by atoms with Gasteiger partial charge < -0.3 is 8.37 Å². The Bertz CT molecular complexity index is 2160. The molecule has 0 atom stereocenters. The smallest absolute Gasteiger partial charge is 0.339 e. The van der Waals surface area contributed by atoms with Crippen molar-refractivity contribution >= 4 is 55.4 Å². The molecule has 12 heteroatoms. The summed E-state index contributed by atoms with van der Waals surface area (Å²) >= 11 is 0. The van der Waals surface area contributed by atoms with Gasteiger partial charge in [0.05, 0.1) is 0 Å². The van der Waals surface area contributed by atoms with Crippen molar-refractivity contribution in [2.75, 3.05) is 0 Å². The van der Waals surface area contributed by atoms with Gasteiger partial charge in [-0.15, -0.1) is 0 Å². The van der Waals surface area contributed by atoms with Gasteiger partial charge in [0.25, 0.3) is 0 Å². The van der Waals surface area contributed by atoms with Gasteiger partial charge in [0.15, 0.2) is 0 Å². The number of hydrogen-bond acceptors (Lipinski definition) is 10. The lowest BCUT2D eigenvalue weighted by molar-refractivity contribution is 0.105. The monoisotopic (exact) mass is 680 g/mol. The number of allylic oxidation sites excluding steroid dienone is 2. The van der Waals surface area contributed by atoms with Crippen LogP contribution >= 0.6 is 0 Å². The Morgan fingerprint density at radius 3 is 1.31 bits per heavy atom. The molecule has 0 amide bonds. The largest absolute Gasteiger partial charge is 0.379 e. The van der Waals surface area contributed by atoms with E-state index in [2.05, 4.69) is 0 Å². The lowest BCUT2D eigenvalue weighted by Crippen LogP contribution is -2.23. The summed E-state index contributed by atoms with van der Waals surface area (Å²) < 4.78 is 63.8. The third-order valence-electron chi connectivity index (χ3n) is 8.58. The first-order valence-electron chi connectivity index (χ1n) is 14.7. The number of carbonyl (C=O) groups excluding carboxylic acids is 2. The van der Waals surface area contributed by atoms with E-state index in [1.807, 2.05) is 13.8 Å². The highest BCUT2D eigenvalue weighted by atomic mass is 32.2. The highest BCUT2D eigenvalue weighted by Crippen LogP contribution is 2.38. The second-order valence-corrected chi connectivity index (χ2v) is 14.4. The summed E-state index contributed by atoms with van der Waals surface area (Å²) in [5.41, 5.74) is 1.24. The summed E-state index contributed by atoms with van der Waals surface area (Å²) in [6.07, 6.45) is 5.98. The van der Waals surface area contributed by atoms with E-state index in [1.54, 1.807) is 24.3 Å². The van der Waals surface area contributed by atoms with Crippen molar-refractivity contribution in [2.45, 2.75) is 35.5 Å². The summed E-state index contributed by atoms with van der Waals surface area (Å²) in [6.45, 7) is 3.99. The van der Waals surface area contributed by atoms with Crippen LogP contribution in [0.4, 0.5) is 0 Å². The van der Waals surface area contributed by atoms with Crippen LogP contribution in [-0.2, 0) is 25.7 Å². The molecule has 242 valence electrons. The van der Waals surface area contributed by atoms with Crippen molar-refractivity contribution in [2.24, 2.45) is 0 Å². The molecule has 0 aliphatic heterocycles. The zero-order chi connectivity index (χ0) is 34.4. The van der Waals surface area contributed by atoms with Gasteiger partial charge in [0.2, 0.25) is 11.6 Å². The van der Waals surface area contributed by atoms with Crippen LogP contribution in [0.1, 0.15) is 63.2 Å². The van der Waals surface area contributed by atoms with E-state index in [0.29, 0.717) is 6.42 Å². The minimum Gasteiger partial charge on any atom is -0.379 e. The summed E-state index contributed by atoms with van der Waals surface area (Å²) in [4.78, 5) is 24.4. The van der Waals surface area contributed by atoms with Crippen molar-refractivity contribution in [3.63, 3.8) is 0 Å². The van der Waals surface area contributed by atoms with Crippen molar-refractivity contribution in [1.29, 1.82) is 10.8 Å². The number of fused-ring (bicyclic) bond motifs is 2. The number of ketones is 2.